The van der Waals surface area contributed by atoms with Gasteiger partial charge in [0.2, 0.25) is 11.9 Å². The molecule has 2 heterocycles. The fraction of sp³-hybridized carbons (Fsp3) is 0.417. The van der Waals surface area contributed by atoms with Crippen molar-refractivity contribution in [2.45, 2.75) is 19.3 Å². The van der Waals surface area contributed by atoms with Gasteiger partial charge in [0.15, 0.2) is 0 Å². The molecule has 1 saturated heterocycles. The summed E-state index contributed by atoms with van der Waals surface area (Å²) in [6.45, 7) is 5.43. The highest BCUT2D eigenvalue weighted by Crippen LogP contribution is 2.17. The summed E-state index contributed by atoms with van der Waals surface area (Å²) in [5.41, 5.74) is 0. The van der Waals surface area contributed by atoms with E-state index in [0.29, 0.717) is 5.95 Å². The van der Waals surface area contributed by atoms with Gasteiger partial charge in [-0.2, -0.15) is 4.98 Å². The summed E-state index contributed by atoms with van der Waals surface area (Å²) in [5, 5.41) is 2.57. The molecule has 2 rings (SSSR count). The third-order valence-electron chi connectivity index (χ3n) is 2.74. The van der Waals surface area contributed by atoms with Crippen molar-refractivity contribution < 1.29 is 4.79 Å². The normalized spacial score (nSPS) is 15.4. The van der Waals surface area contributed by atoms with Gasteiger partial charge < -0.3 is 4.90 Å². The SMILES string of the molecule is C=CC(=O)Nc1nccc(N2CCCCC2)n1. The summed E-state index contributed by atoms with van der Waals surface area (Å²) in [5.74, 6) is 0.915. The van der Waals surface area contributed by atoms with Crippen LogP contribution in [0, 0.1) is 0 Å². The van der Waals surface area contributed by atoms with E-state index in [9.17, 15) is 4.79 Å². The molecule has 0 saturated carbocycles. The standard InChI is InChI=1S/C12H16N4O/c1-2-11(17)15-12-13-7-6-10(14-12)16-8-4-3-5-9-16/h2,6-7H,1,3-5,8-9H2,(H,13,14,15,17). The first-order chi connectivity index (χ1) is 8.29. The quantitative estimate of drug-likeness (QED) is 0.804. The van der Waals surface area contributed by atoms with Crippen LogP contribution in [-0.4, -0.2) is 29.0 Å². The average molecular weight is 232 g/mol. The molecular formula is C12H16N4O. The molecule has 0 atom stereocenters. The first-order valence-corrected chi connectivity index (χ1v) is 5.81. The van der Waals surface area contributed by atoms with Crippen molar-refractivity contribution in [3.8, 4) is 0 Å². The Morgan fingerprint density at radius 3 is 2.88 bits per heavy atom. The predicted octanol–water partition coefficient (Wildman–Crippen LogP) is 1.59. The molecule has 0 unspecified atom stereocenters. The van der Waals surface area contributed by atoms with E-state index < -0.39 is 0 Å². The topological polar surface area (TPSA) is 58.1 Å². The summed E-state index contributed by atoms with van der Waals surface area (Å²) in [4.78, 5) is 21.7. The number of hydrogen-bond acceptors (Lipinski definition) is 4. The molecule has 17 heavy (non-hydrogen) atoms. The van der Waals surface area contributed by atoms with Gasteiger partial charge in [0.1, 0.15) is 5.82 Å². The zero-order valence-corrected chi connectivity index (χ0v) is 9.72. The van der Waals surface area contributed by atoms with E-state index in [1.54, 1.807) is 6.20 Å². The van der Waals surface area contributed by atoms with Gasteiger partial charge in [0.05, 0.1) is 0 Å². The highest BCUT2D eigenvalue weighted by Gasteiger charge is 2.12. The zero-order valence-electron chi connectivity index (χ0n) is 9.72. The van der Waals surface area contributed by atoms with Gasteiger partial charge in [-0.1, -0.05) is 6.58 Å². The predicted molar refractivity (Wildman–Crippen MR) is 66.9 cm³/mol. The second-order valence-corrected chi connectivity index (χ2v) is 3.98. The lowest BCUT2D eigenvalue weighted by Gasteiger charge is -2.27. The Kier molecular flexibility index (Phi) is 3.69. The van der Waals surface area contributed by atoms with Crippen LogP contribution in [0.2, 0.25) is 0 Å². The minimum Gasteiger partial charge on any atom is -0.356 e. The third kappa shape index (κ3) is 3.03. The molecule has 0 aliphatic carbocycles. The van der Waals surface area contributed by atoms with Crippen molar-refractivity contribution in [2.24, 2.45) is 0 Å². The van der Waals surface area contributed by atoms with Crippen LogP contribution in [0.4, 0.5) is 11.8 Å². The number of nitrogens with one attached hydrogen (secondary N) is 1. The van der Waals surface area contributed by atoms with Gasteiger partial charge in [-0.3, -0.25) is 10.1 Å². The largest absolute Gasteiger partial charge is 0.356 e. The molecule has 1 aromatic heterocycles. The van der Waals surface area contributed by atoms with E-state index in [0.717, 1.165) is 18.9 Å². The Morgan fingerprint density at radius 2 is 2.18 bits per heavy atom. The summed E-state index contributed by atoms with van der Waals surface area (Å²) in [6.07, 6.45) is 6.53. The molecule has 90 valence electrons. The second-order valence-electron chi connectivity index (χ2n) is 3.98. The number of carbonyl (C=O) groups excluding carboxylic acids is 1. The molecule has 1 amide bonds. The average Bonchev–Trinajstić information content (AvgIpc) is 2.40. The van der Waals surface area contributed by atoms with Gasteiger partial charge in [-0.05, 0) is 31.4 Å². The number of carbonyl (C=O) groups is 1. The van der Waals surface area contributed by atoms with E-state index >= 15 is 0 Å². The molecule has 0 bridgehead atoms. The zero-order chi connectivity index (χ0) is 12.1. The lowest BCUT2D eigenvalue weighted by Crippen LogP contribution is -2.30. The molecule has 5 heteroatoms. The lowest BCUT2D eigenvalue weighted by molar-refractivity contribution is -0.111. The summed E-state index contributed by atoms with van der Waals surface area (Å²) < 4.78 is 0. The Morgan fingerprint density at radius 1 is 1.41 bits per heavy atom. The van der Waals surface area contributed by atoms with Crippen LogP contribution in [0.25, 0.3) is 0 Å². The number of nitrogens with zero attached hydrogens (tertiary/aromatic N) is 3. The van der Waals surface area contributed by atoms with E-state index in [1.807, 2.05) is 6.07 Å². The molecule has 1 aliphatic heterocycles. The van der Waals surface area contributed by atoms with Gasteiger partial charge in [-0.15, -0.1) is 0 Å². The first-order valence-electron chi connectivity index (χ1n) is 5.81. The summed E-state index contributed by atoms with van der Waals surface area (Å²) >= 11 is 0. The fourth-order valence-electron chi connectivity index (χ4n) is 1.87. The van der Waals surface area contributed by atoms with Gasteiger partial charge >= 0.3 is 0 Å². The van der Waals surface area contributed by atoms with E-state index in [-0.39, 0.29) is 5.91 Å². The molecule has 1 aliphatic rings. The minimum absolute atomic E-state index is 0.291. The Labute approximate surface area is 101 Å². The third-order valence-corrected chi connectivity index (χ3v) is 2.74. The number of anilines is 2. The van der Waals surface area contributed by atoms with E-state index in [4.69, 9.17) is 0 Å². The fourth-order valence-corrected chi connectivity index (χ4v) is 1.87. The Hall–Kier alpha value is -1.91. The van der Waals surface area contributed by atoms with Crippen molar-refractivity contribution in [3.63, 3.8) is 0 Å². The van der Waals surface area contributed by atoms with Crippen LogP contribution in [0.5, 0.6) is 0 Å². The van der Waals surface area contributed by atoms with Crippen molar-refractivity contribution >= 4 is 17.7 Å². The van der Waals surface area contributed by atoms with Crippen molar-refractivity contribution in [2.75, 3.05) is 23.3 Å². The lowest BCUT2D eigenvalue weighted by atomic mass is 10.1. The summed E-state index contributed by atoms with van der Waals surface area (Å²) in [7, 11) is 0. The number of hydrogen-bond donors (Lipinski definition) is 1. The smallest absolute Gasteiger partial charge is 0.250 e. The molecule has 1 N–H and O–H groups in total. The van der Waals surface area contributed by atoms with Crippen LogP contribution in [-0.2, 0) is 4.79 Å². The van der Waals surface area contributed by atoms with Gasteiger partial charge in [-0.25, -0.2) is 4.98 Å². The van der Waals surface area contributed by atoms with Crippen molar-refractivity contribution in [1.82, 2.24) is 9.97 Å². The van der Waals surface area contributed by atoms with Crippen molar-refractivity contribution in [1.29, 1.82) is 0 Å². The van der Waals surface area contributed by atoms with E-state index in [2.05, 4.69) is 26.8 Å². The van der Waals surface area contributed by atoms with Crippen LogP contribution >= 0.6 is 0 Å². The van der Waals surface area contributed by atoms with Crippen LogP contribution < -0.4 is 10.2 Å². The molecule has 0 aromatic carbocycles. The Bertz CT molecular complexity index is 413. The maximum Gasteiger partial charge on any atom is 0.250 e. The minimum atomic E-state index is -0.291. The number of aromatic nitrogens is 2. The second kappa shape index (κ2) is 5.43. The monoisotopic (exact) mass is 232 g/mol. The molecule has 1 aromatic rings. The van der Waals surface area contributed by atoms with Gasteiger partial charge in [0, 0.05) is 19.3 Å². The maximum absolute atomic E-state index is 11.1. The highest BCUT2D eigenvalue weighted by atomic mass is 16.1. The molecule has 0 spiro atoms. The molecule has 5 nitrogen and oxygen atoms in total. The number of piperidine rings is 1. The van der Waals surface area contributed by atoms with Crippen LogP contribution in [0.1, 0.15) is 19.3 Å². The van der Waals surface area contributed by atoms with E-state index in [1.165, 1.54) is 25.3 Å². The number of rotatable bonds is 3. The summed E-state index contributed by atoms with van der Waals surface area (Å²) in [6, 6.07) is 1.87. The van der Waals surface area contributed by atoms with Crippen LogP contribution in [0.15, 0.2) is 24.9 Å². The van der Waals surface area contributed by atoms with Gasteiger partial charge in [0.25, 0.3) is 0 Å². The molecular weight excluding hydrogens is 216 g/mol. The maximum atomic E-state index is 11.1. The highest BCUT2D eigenvalue weighted by molar-refractivity contribution is 5.97. The van der Waals surface area contributed by atoms with Crippen molar-refractivity contribution in [3.05, 3.63) is 24.9 Å². The number of amides is 1. The molecule has 0 radical (unpaired) electrons. The van der Waals surface area contributed by atoms with Crippen LogP contribution in [0.3, 0.4) is 0 Å². The first kappa shape index (κ1) is 11.6. The molecule has 1 fully saturated rings. The Balaban J connectivity index is 2.10.